The summed E-state index contributed by atoms with van der Waals surface area (Å²) in [5.41, 5.74) is 4.67. The van der Waals surface area contributed by atoms with Crippen LogP contribution in [0.5, 0.6) is 0 Å². The highest BCUT2D eigenvalue weighted by Crippen LogP contribution is 2.16. The number of benzene rings is 1. The van der Waals surface area contributed by atoms with Crippen molar-refractivity contribution >= 4 is 11.6 Å². The lowest BCUT2D eigenvalue weighted by Crippen LogP contribution is -2.48. The molecule has 1 aromatic rings. The first-order valence-corrected chi connectivity index (χ1v) is 6.31. The van der Waals surface area contributed by atoms with Crippen molar-refractivity contribution in [3.05, 3.63) is 29.3 Å². The van der Waals surface area contributed by atoms with Crippen molar-refractivity contribution in [2.24, 2.45) is 5.84 Å². The Kier molecular flexibility index (Phi) is 4.91. The van der Waals surface area contributed by atoms with E-state index in [9.17, 15) is 4.79 Å². The Balaban J connectivity index is 2.82. The van der Waals surface area contributed by atoms with Gasteiger partial charge in [-0.25, -0.2) is 0 Å². The zero-order chi connectivity index (χ0) is 14.6. The highest BCUT2D eigenvalue weighted by atomic mass is 16.1. The normalized spacial score (nSPS) is 11.5. The summed E-state index contributed by atoms with van der Waals surface area (Å²) in [6.07, 6.45) is 0. The molecule has 0 heterocycles. The van der Waals surface area contributed by atoms with Crippen LogP contribution in [0.1, 0.15) is 29.8 Å². The van der Waals surface area contributed by atoms with Gasteiger partial charge in [-0.15, -0.1) is 0 Å². The average Bonchev–Trinajstić information content (AvgIpc) is 2.35. The Morgan fingerprint density at radius 1 is 1.37 bits per heavy atom. The van der Waals surface area contributed by atoms with Crippen molar-refractivity contribution in [1.82, 2.24) is 10.2 Å². The summed E-state index contributed by atoms with van der Waals surface area (Å²) in [7, 11) is 3.98. The lowest BCUT2D eigenvalue weighted by molar-refractivity contribution is 0.0920. The SMILES string of the molecule is Cc1ccc(NN)c(C(=O)NCC(C)(C)N(C)C)c1. The van der Waals surface area contributed by atoms with E-state index in [-0.39, 0.29) is 11.4 Å². The smallest absolute Gasteiger partial charge is 0.253 e. The molecule has 0 radical (unpaired) electrons. The van der Waals surface area contributed by atoms with Gasteiger partial charge in [-0.3, -0.25) is 10.6 Å². The summed E-state index contributed by atoms with van der Waals surface area (Å²) in [6.45, 7) is 6.66. The molecule has 0 aliphatic heterocycles. The molecule has 0 aliphatic carbocycles. The number of nitrogen functional groups attached to an aromatic ring is 1. The summed E-state index contributed by atoms with van der Waals surface area (Å²) in [5, 5.41) is 2.95. The summed E-state index contributed by atoms with van der Waals surface area (Å²) >= 11 is 0. The van der Waals surface area contributed by atoms with Crippen LogP contribution in [0.3, 0.4) is 0 Å². The van der Waals surface area contributed by atoms with Gasteiger partial charge in [0.05, 0.1) is 11.3 Å². The molecule has 1 rings (SSSR count). The second-order valence-electron chi connectivity index (χ2n) is 5.58. The molecule has 0 unspecified atom stereocenters. The van der Waals surface area contributed by atoms with Crippen LogP contribution in [0.2, 0.25) is 0 Å². The third-order valence-corrected chi connectivity index (χ3v) is 3.47. The van der Waals surface area contributed by atoms with E-state index in [1.807, 2.05) is 33.2 Å². The summed E-state index contributed by atoms with van der Waals surface area (Å²) < 4.78 is 0. The lowest BCUT2D eigenvalue weighted by Gasteiger charge is -2.32. The van der Waals surface area contributed by atoms with Crippen LogP contribution >= 0.6 is 0 Å². The van der Waals surface area contributed by atoms with Gasteiger partial charge in [-0.1, -0.05) is 11.6 Å². The maximum absolute atomic E-state index is 12.2. The molecule has 0 fully saturated rings. The highest BCUT2D eigenvalue weighted by molar-refractivity contribution is 5.99. The van der Waals surface area contributed by atoms with Gasteiger partial charge < -0.3 is 15.6 Å². The number of nitrogens with zero attached hydrogens (tertiary/aromatic N) is 1. The molecule has 0 spiro atoms. The van der Waals surface area contributed by atoms with E-state index >= 15 is 0 Å². The number of amides is 1. The first kappa shape index (κ1) is 15.5. The number of carbonyl (C=O) groups excluding carboxylic acids is 1. The summed E-state index contributed by atoms with van der Waals surface area (Å²) in [4.78, 5) is 14.3. The van der Waals surface area contributed by atoms with Crippen molar-refractivity contribution in [3.8, 4) is 0 Å². The number of carbonyl (C=O) groups is 1. The van der Waals surface area contributed by atoms with E-state index in [1.165, 1.54) is 0 Å². The highest BCUT2D eigenvalue weighted by Gasteiger charge is 2.22. The molecule has 0 saturated heterocycles. The number of rotatable bonds is 5. The number of nitrogens with one attached hydrogen (secondary N) is 2. The Morgan fingerprint density at radius 2 is 2.00 bits per heavy atom. The van der Waals surface area contributed by atoms with Crippen molar-refractivity contribution in [2.45, 2.75) is 26.3 Å². The van der Waals surface area contributed by atoms with Gasteiger partial charge in [0.25, 0.3) is 5.91 Å². The molecular weight excluding hydrogens is 240 g/mol. The quantitative estimate of drug-likeness (QED) is 0.554. The van der Waals surface area contributed by atoms with E-state index in [1.54, 1.807) is 6.07 Å². The van der Waals surface area contributed by atoms with E-state index in [0.717, 1.165) is 5.56 Å². The Hall–Kier alpha value is -1.59. The van der Waals surface area contributed by atoms with Gasteiger partial charge in [0.1, 0.15) is 0 Å². The van der Waals surface area contributed by atoms with Gasteiger partial charge >= 0.3 is 0 Å². The minimum Gasteiger partial charge on any atom is -0.350 e. The van der Waals surface area contributed by atoms with Crippen LogP contribution in [-0.2, 0) is 0 Å². The zero-order valence-electron chi connectivity index (χ0n) is 12.4. The molecule has 1 aromatic carbocycles. The average molecular weight is 264 g/mol. The molecule has 0 bridgehead atoms. The van der Waals surface area contributed by atoms with Crippen molar-refractivity contribution in [2.75, 3.05) is 26.1 Å². The van der Waals surface area contributed by atoms with Gasteiger partial charge in [0.2, 0.25) is 0 Å². The lowest BCUT2D eigenvalue weighted by atomic mass is 10.0. The Morgan fingerprint density at radius 3 is 2.53 bits per heavy atom. The van der Waals surface area contributed by atoms with Crippen molar-refractivity contribution in [1.29, 1.82) is 0 Å². The molecule has 0 aliphatic rings. The number of likely N-dealkylation sites (N-methyl/N-ethyl adjacent to an activating group) is 1. The number of hydrazine groups is 1. The fourth-order valence-electron chi connectivity index (χ4n) is 1.52. The maximum Gasteiger partial charge on any atom is 0.253 e. The second-order valence-corrected chi connectivity index (χ2v) is 5.58. The van der Waals surface area contributed by atoms with Gasteiger partial charge in [0.15, 0.2) is 0 Å². The zero-order valence-corrected chi connectivity index (χ0v) is 12.4. The molecule has 1 amide bonds. The molecule has 19 heavy (non-hydrogen) atoms. The van der Waals surface area contributed by atoms with Crippen LogP contribution in [0, 0.1) is 6.92 Å². The van der Waals surface area contributed by atoms with E-state index in [4.69, 9.17) is 5.84 Å². The number of aryl methyl sites for hydroxylation is 1. The third-order valence-electron chi connectivity index (χ3n) is 3.47. The molecule has 5 nitrogen and oxygen atoms in total. The Bertz CT molecular complexity index is 455. The van der Waals surface area contributed by atoms with Crippen LogP contribution in [0.25, 0.3) is 0 Å². The molecule has 0 saturated carbocycles. The molecular formula is C14H24N4O. The minimum atomic E-state index is -0.119. The second kappa shape index (κ2) is 6.04. The molecule has 5 heteroatoms. The summed E-state index contributed by atoms with van der Waals surface area (Å²) in [6, 6.07) is 5.55. The minimum absolute atomic E-state index is 0.101. The monoisotopic (exact) mass is 264 g/mol. The number of hydrogen-bond acceptors (Lipinski definition) is 4. The molecule has 0 aromatic heterocycles. The van der Waals surface area contributed by atoms with Crippen LogP contribution in [-0.4, -0.2) is 37.0 Å². The number of nitrogens with two attached hydrogens (primary N) is 1. The first-order chi connectivity index (χ1) is 8.77. The fraction of sp³-hybridized carbons (Fsp3) is 0.500. The largest absolute Gasteiger partial charge is 0.350 e. The van der Waals surface area contributed by atoms with Crippen LogP contribution in [0.4, 0.5) is 5.69 Å². The summed E-state index contributed by atoms with van der Waals surface area (Å²) in [5.74, 6) is 5.31. The maximum atomic E-state index is 12.2. The van der Waals surface area contributed by atoms with Crippen molar-refractivity contribution in [3.63, 3.8) is 0 Å². The van der Waals surface area contributed by atoms with Gasteiger partial charge in [0, 0.05) is 12.1 Å². The topological polar surface area (TPSA) is 70.4 Å². The molecule has 4 N–H and O–H groups in total. The standard InChI is InChI=1S/C14H24N4O/c1-10-6-7-12(17-15)11(8-10)13(19)16-9-14(2,3)18(4)5/h6-8,17H,9,15H2,1-5H3,(H,16,19). The molecule has 106 valence electrons. The van der Waals surface area contributed by atoms with Crippen molar-refractivity contribution < 1.29 is 4.79 Å². The van der Waals surface area contributed by atoms with Crippen LogP contribution < -0.4 is 16.6 Å². The van der Waals surface area contributed by atoms with E-state index in [2.05, 4.69) is 29.5 Å². The number of hydrogen-bond donors (Lipinski definition) is 3. The first-order valence-electron chi connectivity index (χ1n) is 6.31. The Labute approximate surface area is 115 Å². The fourth-order valence-corrected chi connectivity index (χ4v) is 1.52. The van der Waals surface area contributed by atoms with Crippen LogP contribution in [0.15, 0.2) is 18.2 Å². The molecule has 0 atom stereocenters. The van der Waals surface area contributed by atoms with E-state index in [0.29, 0.717) is 17.8 Å². The van der Waals surface area contributed by atoms with Gasteiger partial charge in [-0.05, 0) is 47.0 Å². The third kappa shape index (κ3) is 3.94. The van der Waals surface area contributed by atoms with E-state index < -0.39 is 0 Å². The predicted molar refractivity (Wildman–Crippen MR) is 79.1 cm³/mol. The number of anilines is 1. The van der Waals surface area contributed by atoms with Gasteiger partial charge in [-0.2, -0.15) is 0 Å². The predicted octanol–water partition coefficient (Wildman–Crippen LogP) is 1.35.